The summed E-state index contributed by atoms with van der Waals surface area (Å²) in [5, 5.41) is 3.18. The molecule has 0 saturated carbocycles. The summed E-state index contributed by atoms with van der Waals surface area (Å²) in [6.07, 6.45) is 0.701. The van der Waals surface area contributed by atoms with Crippen molar-refractivity contribution >= 4 is 24.5 Å². The minimum Gasteiger partial charge on any atom is -0.490 e. The number of esters is 1. The highest BCUT2D eigenvalue weighted by Gasteiger charge is 2.16. The number of halogens is 1. The van der Waals surface area contributed by atoms with Gasteiger partial charge in [0, 0.05) is 32.6 Å². The number of hydrogen-bond acceptors (Lipinski definition) is 6. The Labute approximate surface area is 154 Å². The van der Waals surface area contributed by atoms with Gasteiger partial charge in [-0.2, -0.15) is 0 Å². The van der Waals surface area contributed by atoms with E-state index in [0.29, 0.717) is 38.3 Å². The van der Waals surface area contributed by atoms with Gasteiger partial charge < -0.3 is 24.4 Å². The van der Waals surface area contributed by atoms with Gasteiger partial charge in [-0.05, 0) is 24.1 Å². The first-order chi connectivity index (χ1) is 11.7. The van der Waals surface area contributed by atoms with Crippen LogP contribution in [0.4, 0.5) is 4.79 Å². The summed E-state index contributed by atoms with van der Waals surface area (Å²) in [5.74, 6) is 0.483. The van der Waals surface area contributed by atoms with Crippen molar-refractivity contribution in [1.29, 1.82) is 0 Å². The molecule has 0 aromatic heterocycles. The number of hydrogen-bond donors (Lipinski definition) is 1. The SMILES string of the molecule is COC(=O)CCc1ccc(OCCOC(=O)N2CCNCC2)cc1.Cl. The Kier molecular flexibility index (Phi) is 9.72. The predicted molar refractivity (Wildman–Crippen MR) is 95.3 cm³/mol. The highest BCUT2D eigenvalue weighted by atomic mass is 35.5. The average molecular weight is 373 g/mol. The van der Waals surface area contributed by atoms with Crippen molar-refractivity contribution in [3.8, 4) is 5.75 Å². The minimum atomic E-state index is -0.293. The van der Waals surface area contributed by atoms with E-state index in [4.69, 9.17) is 9.47 Å². The average Bonchev–Trinajstić information content (AvgIpc) is 2.64. The number of methoxy groups -OCH3 is 1. The maximum Gasteiger partial charge on any atom is 0.409 e. The van der Waals surface area contributed by atoms with E-state index in [1.165, 1.54) is 7.11 Å². The van der Waals surface area contributed by atoms with E-state index in [1.807, 2.05) is 24.3 Å². The normalized spacial score (nSPS) is 13.6. The summed E-state index contributed by atoms with van der Waals surface area (Å²) < 4.78 is 15.3. The van der Waals surface area contributed by atoms with Gasteiger partial charge in [0.1, 0.15) is 19.0 Å². The third-order valence-corrected chi connectivity index (χ3v) is 3.72. The van der Waals surface area contributed by atoms with Gasteiger partial charge in [0.2, 0.25) is 0 Å². The quantitative estimate of drug-likeness (QED) is 0.579. The van der Waals surface area contributed by atoms with Crippen LogP contribution in [0.15, 0.2) is 24.3 Å². The van der Waals surface area contributed by atoms with Crippen molar-refractivity contribution in [2.24, 2.45) is 0 Å². The van der Waals surface area contributed by atoms with Gasteiger partial charge in [0.25, 0.3) is 0 Å². The van der Waals surface area contributed by atoms with E-state index in [0.717, 1.165) is 18.7 Å². The highest BCUT2D eigenvalue weighted by molar-refractivity contribution is 5.85. The summed E-state index contributed by atoms with van der Waals surface area (Å²) in [7, 11) is 1.38. The number of benzene rings is 1. The highest BCUT2D eigenvalue weighted by Crippen LogP contribution is 2.13. The monoisotopic (exact) mass is 372 g/mol. The van der Waals surface area contributed by atoms with Crippen LogP contribution in [-0.2, 0) is 20.7 Å². The number of carbonyl (C=O) groups excluding carboxylic acids is 2. The van der Waals surface area contributed by atoms with Crippen LogP contribution in [0.25, 0.3) is 0 Å². The van der Waals surface area contributed by atoms with E-state index in [2.05, 4.69) is 10.1 Å². The third-order valence-electron chi connectivity index (χ3n) is 3.72. The molecule has 1 N–H and O–H groups in total. The van der Waals surface area contributed by atoms with Crippen LogP contribution >= 0.6 is 12.4 Å². The standard InChI is InChI=1S/C17H24N2O5.ClH/c1-22-16(20)7-4-14-2-5-15(6-3-14)23-12-13-24-17(21)19-10-8-18-9-11-19;/h2-3,5-6,18H,4,7-13H2,1H3;1H. The molecule has 1 fully saturated rings. The molecule has 25 heavy (non-hydrogen) atoms. The van der Waals surface area contributed by atoms with Crippen molar-refractivity contribution in [2.75, 3.05) is 46.5 Å². The molecule has 140 valence electrons. The van der Waals surface area contributed by atoms with Crippen LogP contribution in [0.2, 0.25) is 0 Å². The van der Waals surface area contributed by atoms with Crippen LogP contribution in [0.5, 0.6) is 5.75 Å². The lowest BCUT2D eigenvalue weighted by molar-refractivity contribution is -0.140. The molecule has 0 bridgehead atoms. The lowest BCUT2D eigenvalue weighted by atomic mass is 10.1. The Hall–Kier alpha value is -1.99. The molecule has 0 aliphatic carbocycles. The lowest BCUT2D eigenvalue weighted by Gasteiger charge is -2.26. The lowest BCUT2D eigenvalue weighted by Crippen LogP contribution is -2.46. The van der Waals surface area contributed by atoms with Crippen LogP contribution in [-0.4, -0.2) is 63.5 Å². The first-order valence-electron chi connectivity index (χ1n) is 8.10. The van der Waals surface area contributed by atoms with E-state index in [-0.39, 0.29) is 31.1 Å². The van der Waals surface area contributed by atoms with Crippen LogP contribution in [0.3, 0.4) is 0 Å². The van der Waals surface area contributed by atoms with Crippen molar-refractivity contribution in [3.63, 3.8) is 0 Å². The van der Waals surface area contributed by atoms with Gasteiger partial charge in [0.05, 0.1) is 7.11 Å². The van der Waals surface area contributed by atoms with Crippen molar-refractivity contribution in [2.45, 2.75) is 12.8 Å². The van der Waals surface area contributed by atoms with Crippen molar-refractivity contribution in [1.82, 2.24) is 10.2 Å². The Morgan fingerprint density at radius 3 is 2.44 bits per heavy atom. The van der Waals surface area contributed by atoms with Crippen molar-refractivity contribution in [3.05, 3.63) is 29.8 Å². The maximum atomic E-state index is 11.8. The topological polar surface area (TPSA) is 77.1 Å². The fourth-order valence-electron chi connectivity index (χ4n) is 2.33. The fraction of sp³-hybridized carbons (Fsp3) is 0.529. The summed E-state index contributed by atoms with van der Waals surface area (Å²) in [5.41, 5.74) is 1.04. The zero-order chi connectivity index (χ0) is 17.2. The number of amides is 1. The van der Waals surface area contributed by atoms with E-state index in [1.54, 1.807) is 4.90 Å². The van der Waals surface area contributed by atoms with Gasteiger partial charge >= 0.3 is 12.1 Å². The Morgan fingerprint density at radius 1 is 1.12 bits per heavy atom. The molecule has 1 aliphatic rings. The van der Waals surface area contributed by atoms with Gasteiger partial charge in [-0.3, -0.25) is 4.79 Å². The number of rotatable bonds is 7. The smallest absolute Gasteiger partial charge is 0.409 e. The summed E-state index contributed by atoms with van der Waals surface area (Å²) in [4.78, 5) is 24.6. The maximum absolute atomic E-state index is 11.8. The Morgan fingerprint density at radius 2 is 1.80 bits per heavy atom. The summed E-state index contributed by atoms with van der Waals surface area (Å²) >= 11 is 0. The minimum absolute atomic E-state index is 0. The van der Waals surface area contributed by atoms with Gasteiger partial charge in [-0.15, -0.1) is 12.4 Å². The Bertz CT molecular complexity index is 532. The number of aryl methyl sites for hydroxylation is 1. The second-order valence-corrected chi connectivity index (χ2v) is 5.42. The van der Waals surface area contributed by atoms with Crippen LogP contribution in [0.1, 0.15) is 12.0 Å². The van der Waals surface area contributed by atoms with E-state index >= 15 is 0 Å². The van der Waals surface area contributed by atoms with E-state index < -0.39 is 0 Å². The fourth-order valence-corrected chi connectivity index (χ4v) is 2.33. The molecule has 1 aromatic carbocycles. The first kappa shape index (κ1) is 21.1. The van der Waals surface area contributed by atoms with E-state index in [9.17, 15) is 9.59 Å². The molecule has 1 heterocycles. The van der Waals surface area contributed by atoms with Crippen molar-refractivity contribution < 1.29 is 23.8 Å². The molecule has 0 unspecified atom stereocenters. The summed E-state index contributed by atoms with van der Waals surface area (Å²) in [6.45, 7) is 3.47. The number of ether oxygens (including phenoxy) is 3. The molecule has 1 amide bonds. The van der Waals surface area contributed by atoms with Gasteiger partial charge in [-0.1, -0.05) is 12.1 Å². The molecule has 1 saturated heterocycles. The van der Waals surface area contributed by atoms with Gasteiger partial charge in [-0.25, -0.2) is 4.79 Å². The number of nitrogens with one attached hydrogen (secondary N) is 1. The Balaban J connectivity index is 0.00000312. The molecule has 1 aliphatic heterocycles. The second kappa shape index (κ2) is 11.5. The molecule has 8 heteroatoms. The number of nitrogens with zero attached hydrogens (tertiary/aromatic N) is 1. The molecular formula is C17H25ClN2O5. The predicted octanol–water partition coefficient (Wildman–Crippen LogP) is 1.63. The molecule has 0 spiro atoms. The zero-order valence-corrected chi connectivity index (χ0v) is 15.2. The van der Waals surface area contributed by atoms with Gasteiger partial charge in [0.15, 0.2) is 0 Å². The second-order valence-electron chi connectivity index (χ2n) is 5.42. The molecule has 2 rings (SSSR count). The molecule has 0 atom stereocenters. The van der Waals surface area contributed by atoms with Crippen LogP contribution in [0, 0.1) is 0 Å². The third kappa shape index (κ3) is 7.62. The molecule has 1 aromatic rings. The summed E-state index contributed by atoms with van der Waals surface area (Å²) in [6, 6.07) is 7.49. The zero-order valence-electron chi connectivity index (χ0n) is 14.4. The number of carbonyl (C=O) groups is 2. The van der Waals surface area contributed by atoms with Crippen LogP contribution < -0.4 is 10.1 Å². The largest absolute Gasteiger partial charge is 0.490 e. The molecular weight excluding hydrogens is 348 g/mol. The molecule has 7 nitrogen and oxygen atoms in total. The first-order valence-corrected chi connectivity index (χ1v) is 8.10. The molecule has 0 radical (unpaired) electrons. The number of piperazine rings is 1.